The van der Waals surface area contributed by atoms with E-state index in [1.165, 1.54) is 6.07 Å². The maximum Gasteiger partial charge on any atom is 0.287 e. The van der Waals surface area contributed by atoms with Gasteiger partial charge in [-0.2, -0.15) is 0 Å². The van der Waals surface area contributed by atoms with Crippen LogP contribution in [-0.2, 0) is 6.61 Å². The van der Waals surface area contributed by atoms with Gasteiger partial charge in [0.25, 0.3) is 11.5 Å². The van der Waals surface area contributed by atoms with Crippen LogP contribution < -0.4 is 15.6 Å². The number of hydrogen-bond acceptors (Lipinski definition) is 5. The van der Waals surface area contributed by atoms with Crippen LogP contribution in [0.4, 0.5) is 5.69 Å². The Morgan fingerprint density at radius 3 is 2.77 bits per heavy atom. The molecule has 0 unspecified atom stereocenters. The monoisotopic (exact) mass is 423 g/mol. The number of hydrogen-bond donors (Lipinski definition) is 1. The molecule has 1 N–H and O–H groups in total. The predicted molar refractivity (Wildman–Crippen MR) is 113 cm³/mol. The van der Waals surface area contributed by atoms with Crippen molar-refractivity contribution in [3.8, 4) is 5.75 Å². The molecule has 0 fully saturated rings. The standard InChI is InChI=1S/C22H18ClN3O4/c1-13-7-8-15(25-22(28)17-5-3-4-6-18(17)23)10-19(13)29-12-16-11-21(27)26-20(24-16)9-14(2)30-26/h3-11H,12H2,1-2H3,(H,25,28). The van der Waals surface area contributed by atoms with E-state index in [0.717, 1.165) is 10.1 Å². The summed E-state index contributed by atoms with van der Waals surface area (Å²) in [4.78, 5) is 29.0. The van der Waals surface area contributed by atoms with Crippen molar-refractivity contribution in [3.05, 3.63) is 92.6 Å². The van der Waals surface area contributed by atoms with Crippen molar-refractivity contribution in [1.82, 2.24) is 9.56 Å². The fraction of sp³-hybridized carbons (Fsp3) is 0.136. The van der Waals surface area contributed by atoms with Gasteiger partial charge in [0.05, 0.1) is 16.3 Å². The number of nitrogens with one attached hydrogen (secondary N) is 1. The number of nitrogens with zero attached hydrogens (tertiary/aromatic N) is 2. The highest BCUT2D eigenvalue weighted by Crippen LogP contribution is 2.25. The first-order chi connectivity index (χ1) is 14.4. The Kier molecular flexibility index (Phi) is 5.29. The van der Waals surface area contributed by atoms with Crippen molar-refractivity contribution < 1.29 is 14.1 Å². The van der Waals surface area contributed by atoms with Gasteiger partial charge in [-0.05, 0) is 37.6 Å². The van der Waals surface area contributed by atoms with Gasteiger partial charge < -0.3 is 14.6 Å². The van der Waals surface area contributed by atoms with E-state index in [9.17, 15) is 9.59 Å². The van der Waals surface area contributed by atoms with Crippen LogP contribution in [0.15, 0.2) is 63.9 Å². The summed E-state index contributed by atoms with van der Waals surface area (Å²) in [5, 5.41) is 3.19. The molecule has 0 spiro atoms. The lowest BCUT2D eigenvalue weighted by Gasteiger charge is -2.12. The average molecular weight is 424 g/mol. The Bertz CT molecular complexity index is 1310. The summed E-state index contributed by atoms with van der Waals surface area (Å²) < 4.78 is 12.3. The normalized spacial score (nSPS) is 10.9. The van der Waals surface area contributed by atoms with Gasteiger partial charge >= 0.3 is 0 Å². The van der Waals surface area contributed by atoms with Gasteiger partial charge in [0.15, 0.2) is 5.65 Å². The number of anilines is 1. The van der Waals surface area contributed by atoms with E-state index in [1.54, 1.807) is 49.4 Å². The van der Waals surface area contributed by atoms with Gasteiger partial charge in [-0.3, -0.25) is 9.59 Å². The second kappa shape index (κ2) is 8.04. The number of halogens is 1. The minimum Gasteiger partial charge on any atom is -0.487 e. The molecule has 152 valence electrons. The first-order valence-electron chi connectivity index (χ1n) is 9.19. The lowest BCUT2D eigenvalue weighted by molar-refractivity contribution is 0.102. The summed E-state index contributed by atoms with van der Waals surface area (Å²) >= 11 is 6.09. The molecule has 2 heterocycles. The SMILES string of the molecule is Cc1cc2nc(COc3cc(NC(=O)c4ccccc4Cl)ccc3C)cc(=O)n2o1. The smallest absolute Gasteiger partial charge is 0.287 e. The van der Waals surface area contributed by atoms with E-state index >= 15 is 0 Å². The minimum absolute atomic E-state index is 0.0960. The predicted octanol–water partition coefficient (Wildman–Crippen LogP) is 4.39. The van der Waals surface area contributed by atoms with Crippen molar-refractivity contribution in [2.45, 2.75) is 20.5 Å². The quantitative estimate of drug-likeness (QED) is 0.514. The van der Waals surface area contributed by atoms with Crippen molar-refractivity contribution in [2.75, 3.05) is 5.32 Å². The highest BCUT2D eigenvalue weighted by molar-refractivity contribution is 6.34. The van der Waals surface area contributed by atoms with Crippen molar-refractivity contribution in [2.24, 2.45) is 0 Å². The average Bonchev–Trinajstić information content (AvgIpc) is 3.09. The van der Waals surface area contributed by atoms with Gasteiger partial charge in [0, 0.05) is 23.9 Å². The van der Waals surface area contributed by atoms with E-state index in [0.29, 0.717) is 39.1 Å². The second-order valence-electron chi connectivity index (χ2n) is 6.79. The first kappa shape index (κ1) is 19.7. The van der Waals surface area contributed by atoms with Crippen molar-refractivity contribution >= 4 is 28.8 Å². The third-order valence-corrected chi connectivity index (χ3v) is 4.79. The lowest BCUT2D eigenvalue weighted by Crippen LogP contribution is -2.14. The highest BCUT2D eigenvalue weighted by Gasteiger charge is 2.12. The Morgan fingerprint density at radius 1 is 1.17 bits per heavy atom. The zero-order valence-corrected chi connectivity index (χ0v) is 17.1. The largest absolute Gasteiger partial charge is 0.487 e. The Balaban J connectivity index is 1.52. The molecule has 0 atom stereocenters. The van der Waals surface area contributed by atoms with E-state index in [2.05, 4.69) is 10.3 Å². The summed E-state index contributed by atoms with van der Waals surface area (Å²) in [5.74, 6) is 0.846. The molecule has 1 amide bonds. The molecule has 0 aliphatic heterocycles. The minimum atomic E-state index is -0.316. The molecule has 0 bridgehead atoms. The number of aromatic nitrogens is 2. The lowest BCUT2D eigenvalue weighted by atomic mass is 10.1. The van der Waals surface area contributed by atoms with Crippen LogP contribution in [0.1, 0.15) is 27.4 Å². The second-order valence-corrected chi connectivity index (χ2v) is 7.19. The molecule has 4 aromatic rings. The van der Waals surface area contributed by atoms with Gasteiger partial charge in [-0.25, -0.2) is 4.98 Å². The maximum atomic E-state index is 12.5. The van der Waals surface area contributed by atoms with Crippen LogP contribution in [0.3, 0.4) is 0 Å². The summed E-state index contributed by atoms with van der Waals surface area (Å²) in [6, 6.07) is 15.2. The highest BCUT2D eigenvalue weighted by atomic mass is 35.5. The van der Waals surface area contributed by atoms with Crippen LogP contribution >= 0.6 is 11.6 Å². The van der Waals surface area contributed by atoms with E-state index in [1.807, 2.05) is 13.0 Å². The number of rotatable bonds is 5. The van der Waals surface area contributed by atoms with Gasteiger partial charge in [-0.15, -0.1) is 4.57 Å². The van der Waals surface area contributed by atoms with Crippen LogP contribution in [0.5, 0.6) is 5.75 Å². The van der Waals surface area contributed by atoms with Crippen LogP contribution in [0.25, 0.3) is 5.65 Å². The molecule has 0 saturated carbocycles. The third kappa shape index (κ3) is 4.06. The van der Waals surface area contributed by atoms with E-state index in [-0.39, 0.29) is 18.1 Å². The number of carbonyl (C=O) groups is 1. The zero-order chi connectivity index (χ0) is 21.3. The fourth-order valence-electron chi connectivity index (χ4n) is 2.98. The van der Waals surface area contributed by atoms with Crippen LogP contribution in [0, 0.1) is 13.8 Å². The summed E-state index contributed by atoms with van der Waals surface area (Å²) in [6.45, 7) is 3.73. The summed E-state index contributed by atoms with van der Waals surface area (Å²) in [5.41, 5.74) is 2.42. The number of benzene rings is 2. The van der Waals surface area contributed by atoms with Gasteiger partial charge in [0.1, 0.15) is 18.1 Å². The summed E-state index contributed by atoms with van der Waals surface area (Å²) in [7, 11) is 0. The molecule has 0 saturated heterocycles. The Hall–Kier alpha value is -3.58. The molecule has 2 aromatic heterocycles. The third-order valence-electron chi connectivity index (χ3n) is 4.46. The number of aryl methyl sites for hydroxylation is 2. The van der Waals surface area contributed by atoms with Crippen LogP contribution in [0.2, 0.25) is 5.02 Å². The van der Waals surface area contributed by atoms with E-state index < -0.39 is 0 Å². The van der Waals surface area contributed by atoms with Gasteiger partial charge in [-0.1, -0.05) is 29.8 Å². The number of fused-ring (bicyclic) bond motifs is 1. The van der Waals surface area contributed by atoms with Crippen molar-refractivity contribution in [1.29, 1.82) is 0 Å². The molecule has 0 aliphatic carbocycles. The maximum absolute atomic E-state index is 12.5. The molecule has 7 nitrogen and oxygen atoms in total. The molecule has 30 heavy (non-hydrogen) atoms. The topological polar surface area (TPSA) is 85.8 Å². The fourth-order valence-corrected chi connectivity index (χ4v) is 3.20. The first-order valence-corrected chi connectivity index (χ1v) is 9.57. The molecule has 0 radical (unpaired) electrons. The molecular formula is C22H18ClN3O4. The molecule has 0 aliphatic rings. The molecule has 4 rings (SSSR count). The summed E-state index contributed by atoms with van der Waals surface area (Å²) in [6.07, 6.45) is 0. The number of carbonyl (C=O) groups excluding carboxylic acids is 1. The number of amides is 1. The molecule has 2 aromatic carbocycles. The Labute approximate surface area is 176 Å². The zero-order valence-electron chi connectivity index (χ0n) is 16.3. The Morgan fingerprint density at radius 2 is 1.97 bits per heavy atom. The molecule has 8 heteroatoms. The van der Waals surface area contributed by atoms with E-state index in [4.69, 9.17) is 20.9 Å². The number of ether oxygens (including phenoxy) is 1. The van der Waals surface area contributed by atoms with Gasteiger partial charge in [0.2, 0.25) is 0 Å². The van der Waals surface area contributed by atoms with Crippen molar-refractivity contribution in [3.63, 3.8) is 0 Å². The molecular weight excluding hydrogens is 406 g/mol. The van der Waals surface area contributed by atoms with Crippen LogP contribution in [-0.4, -0.2) is 15.5 Å².